The van der Waals surface area contributed by atoms with Crippen LogP contribution < -0.4 is 10.3 Å². The van der Waals surface area contributed by atoms with Crippen LogP contribution in [0.15, 0.2) is 41.2 Å². The highest BCUT2D eigenvalue weighted by atomic mass is 16.5. The maximum absolute atomic E-state index is 12.8. The number of carbonyl (C=O) groups is 1. The van der Waals surface area contributed by atoms with Crippen molar-refractivity contribution in [2.24, 2.45) is 11.3 Å². The van der Waals surface area contributed by atoms with Gasteiger partial charge in [0.05, 0.1) is 12.7 Å². The normalized spacial score (nSPS) is 20.8. The first kappa shape index (κ1) is 21.2. The van der Waals surface area contributed by atoms with Crippen molar-refractivity contribution < 1.29 is 14.3 Å². The predicted molar refractivity (Wildman–Crippen MR) is 113 cm³/mol. The van der Waals surface area contributed by atoms with Gasteiger partial charge in [-0.3, -0.25) is 4.79 Å². The van der Waals surface area contributed by atoms with Crippen LogP contribution in [-0.2, 0) is 11.2 Å². The molecule has 1 saturated carbocycles. The molecular weight excluding hydrogens is 366 g/mol. The standard InChI is InChI=1S/C24H31NO4/c1-5-28-23(27)21-20(29-19-11-16(2)14-24(3,4)15-19)13-18(25-22(21)26)12-17-9-7-6-8-10-17/h6-10,13,16,19H,5,11-12,14-15H2,1-4H3,(H,25,26). The highest BCUT2D eigenvalue weighted by Crippen LogP contribution is 2.40. The van der Waals surface area contributed by atoms with Gasteiger partial charge in [0.1, 0.15) is 5.75 Å². The van der Waals surface area contributed by atoms with Crippen molar-refractivity contribution in [1.82, 2.24) is 4.98 Å². The van der Waals surface area contributed by atoms with Crippen molar-refractivity contribution in [3.05, 3.63) is 63.6 Å². The second-order valence-corrected chi connectivity index (χ2v) is 8.90. The zero-order valence-electron chi connectivity index (χ0n) is 17.8. The molecule has 5 heteroatoms. The third-order valence-electron chi connectivity index (χ3n) is 5.41. The van der Waals surface area contributed by atoms with Gasteiger partial charge in [0.15, 0.2) is 5.56 Å². The molecule has 1 heterocycles. The molecule has 0 aliphatic heterocycles. The summed E-state index contributed by atoms with van der Waals surface area (Å²) in [4.78, 5) is 28.1. The molecule has 3 rings (SSSR count). The largest absolute Gasteiger partial charge is 0.489 e. The fourth-order valence-corrected chi connectivity index (χ4v) is 4.51. The number of carbonyl (C=O) groups excluding carboxylic acids is 1. The quantitative estimate of drug-likeness (QED) is 0.715. The molecule has 0 spiro atoms. The molecule has 1 N–H and O–H groups in total. The van der Waals surface area contributed by atoms with Gasteiger partial charge in [-0.15, -0.1) is 0 Å². The lowest BCUT2D eigenvalue weighted by atomic mass is 9.71. The van der Waals surface area contributed by atoms with E-state index in [1.165, 1.54) is 0 Å². The Hall–Kier alpha value is -2.56. The van der Waals surface area contributed by atoms with Crippen molar-refractivity contribution in [3.63, 3.8) is 0 Å². The van der Waals surface area contributed by atoms with E-state index in [0.717, 1.165) is 24.8 Å². The van der Waals surface area contributed by atoms with Gasteiger partial charge < -0.3 is 14.5 Å². The number of pyridine rings is 1. The topological polar surface area (TPSA) is 68.4 Å². The minimum Gasteiger partial charge on any atom is -0.489 e. The summed E-state index contributed by atoms with van der Waals surface area (Å²) in [5.74, 6) is 0.215. The number of benzene rings is 1. The molecule has 1 aliphatic rings. The Morgan fingerprint density at radius 3 is 2.59 bits per heavy atom. The molecule has 0 amide bonds. The van der Waals surface area contributed by atoms with Gasteiger partial charge in [0, 0.05) is 18.2 Å². The van der Waals surface area contributed by atoms with Gasteiger partial charge in [0.25, 0.3) is 5.56 Å². The van der Waals surface area contributed by atoms with Crippen molar-refractivity contribution in [2.45, 2.75) is 59.5 Å². The second kappa shape index (κ2) is 8.85. The lowest BCUT2D eigenvalue weighted by molar-refractivity contribution is 0.0464. The van der Waals surface area contributed by atoms with Crippen LogP contribution in [0.25, 0.3) is 0 Å². The number of ether oxygens (including phenoxy) is 2. The number of hydrogen-bond acceptors (Lipinski definition) is 4. The van der Waals surface area contributed by atoms with Crippen molar-refractivity contribution in [3.8, 4) is 5.75 Å². The minimum atomic E-state index is -0.641. The predicted octanol–water partition coefficient (Wildman–Crippen LogP) is 4.74. The Bertz CT molecular complexity index is 901. The molecule has 5 nitrogen and oxygen atoms in total. The first-order chi connectivity index (χ1) is 13.8. The molecule has 0 radical (unpaired) electrons. The van der Waals surface area contributed by atoms with Crippen LogP contribution in [0.2, 0.25) is 0 Å². The molecule has 2 atom stereocenters. The molecule has 2 unspecified atom stereocenters. The Morgan fingerprint density at radius 1 is 1.21 bits per heavy atom. The summed E-state index contributed by atoms with van der Waals surface area (Å²) < 4.78 is 11.4. The molecule has 2 aromatic rings. The summed E-state index contributed by atoms with van der Waals surface area (Å²) in [5.41, 5.74) is 1.45. The molecule has 1 aliphatic carbocycles. The average Bonchev–Trinajstić information content (AvgIpc) is 2.60. The van der Waals surface area contributed by atoms with E-state index in [1.807, 2.05) is 30.3 Å². The Kier molecular flexibility index (Phi) is 6.46. The summed E-state index contributed by atoms with van der Waals surface area (Å²) in [7, 11) is 0. The molecule has 1 aromatic carbocycles. The summed E-state index contributed by atoms with van der Waals surface area (Å²) in [5, 5.41) is 0. The molecule has 0 bridgehead atoms. The van der Waals surface area contributed by atoms with Crippen LogP contribution in [0.3, 0.4) is 0 Å². The molecule has 29 heavy (non-hydrogen) atoms. The molecule has 0 saturated heterocycles. The summed E-state index contributed by atoms with van der Waals surface area (Å²) >= 11 is 0. The SMILES string of the molecule is CCOC(=O)c1c(OC2CC(C)CC(C)(C)C2)cc(Cc2ccccc2)[nH]c1=O. The lowest BCUT2D eigenvalue weighted by Crippen LogP contribution is -2.35. The van der Waals surface area contributed by atoms with Crippen LogP contribution >= 0.6 is 0 Å². The number of rotatable bonds is 6. The Balaban J connectivity index is 1.94. The van der Waals surface area contributed by atoms with E-state index in [2.05, 4.69) is 25.8 Å². The van der Waals surface area contributed by atoms with E-state index in [1.54, 1.807) is 13.0 Å². The highest BCUT2D eigenvalue weighted by molar-refractivity contribution is 5.92. The van der Waals surface area contributed by atoms with Crippen molar-refractivity contribution >= 4 is 5.97 Å². The maximum atomic E-state index is 12.8. The van der Waals surface area contributed by atoms with Crippen LogP contribution in [0.1, 0.15) is 68.6 Å². The Labute approximate surface area is 172 Å². The number of aromatic amines is 1. The zero-order valence-corrected chi connectivity index (χ0v) is 17.8. The second-order valence-electron chi connectivity index (χ2n) is 8.90. The van der Waals surface area contributed by atoms with E-state index in [0.29, 0.717) is 23.8 Å². The van der Waals surface area contributed by atoms with Gasteiger partial charge in [-0.25, -0.2) is 4.79 Å². The zero-order chi connectivity index (χ0) is 21.0. The number of hydrogen-bond donors (Lipinski definition) is 1. The monoisotopic (exact) mass is 397 g/mol. The van der Waals surface area contributed by atoms with E-state index in [9.17, 15) is 9.59 Å². The van der Waals surface area contributed by atoms with E-state index in [-0.39, 0.29) is 23.7 Å². The van der Waals surface area contributed by atoms with Gasteiger partial charge >= 0.3 is 5.97 Å². The number of H-pyrrole nitrogens is 1. The van der Waals surface area contributed by atoms with Crippen LogP contribution in [0, 0.1) is 11.3 Å². The summed E-state index contributed by atoms with van der Waals surface area (Å²) in [6, 6.07) is 11.7. The highest BCUT2D eigenvalue weighted by Gasteiger charge is 2.34. The van der Waals surface area contributed by atoms with Crippen molar-refractivity contribution in [1.29, 1.82) is 0 Å². The van der Waals surface area contributed by atoms with Crippen molar-refractivity contribution in [2.75, 3.05) is 6.61 Å². The summed E-state index contributed by atoms with van der Waals surface area (Å²) in [6.07, 6.45) is 3.47. The van der Waals surface area contributed by atoms with Gasteiger partial charge in [-0.1, -0.05) is 51.1 Å². The van der Waals surface area contributed by atoms with Crippen LogP contribution in [0.5, 0.6) is 5.75 Å². The van der Waals surface area contributed by atoms with Crippen LogP contribution in [-0.4, -0.2) is 23.7 Å². The average molecular weight is 398 g/mol. The first-order valence-corrected chi connectivity index (χ1v) is 10.4. The minimum absolute atomic E-state index is 0.0340. The fraction of sp³-hybridized carbons (Fsp3) is 0.500. The number of nitrogens with one attached hydrogen (secondary N) is 1. The van der Waals surface area contributed by atoms with E-state index in [4.69, 9.17) is 9.47 Å². The van der Waals surface area contributed by atoms with Gasteiger partial charge in [-0.05, 0) is 43.1 Å². The molecule has 1 fully saturated rings. The first-order valence-electron chi connectivity index (χ1n) is 10.4. The molecular formula is C24H31NO4. The van der Waals surface area contributed by atoms with Crippen LogP contribution in [0.4, 0.5) is 0 Å². The number of aromatic nitrogens is 1. The van der Waals surface area contributed by atoms with E-state index >= 15 is 0 Å². The smallest absolute Gasteiger partial charge is 0.347 e. The Morgan fingerprint density at radius 2 is 1.93 bits per heavy atom. The fourth-order valence-electron chi connectivity index (χ4n) is 4.51. The van der Waals surface area contributed by atoms with Gasteiger partial charge in [0.2, 0.25) is 0 Å². The van der Waals surface area contributed by atoms with E-state index < -0.39 is 11.5 Å². The third-order valence-corrected chi connectivity index (χ3v) is 5.41. The summed E-state index contributed by atoms with van der Waals surface area (Å²) in [6.45, 7) is 8.63. The lowest BCUT2D eigenvalue weighted by Gasteiger charge is -2.39. The van der Waals surface area contributed by atoms with Gasteiger partial charge in [-0.2, -0.15) is 0 Å². The third kappa shape index (κ3) is 5.49. The maximum Gasteiger partial charge on any atom is 0.347 e. The molecule has 1 aromatic heterocycles. The molecule has 156 valence electrons. The number of esters is 1.